The lowest BCUT2D eigenvalue weighted by molar-refractivity contribution is 0.393. The molecule has 0 saturated heterocycles. The second-order valence-corrected chi connectivity index (χ2v) is 7.85. The first-order chi connectivity index (χ1) is 14.5. The average molecular weight is 406 g/mol. The maximum atomic E-state index is 14.8. The molecule has 0 aromatic heterocycles. The minimum Gasteiger partial charge on any atom is -0.203 e. The van der Waals surface area contributed by atoms with E-state index in [1.54, 1.807) is 0 Å². The molecule has 0 N–H and O–H groups in total. The fourth-order valence-electron chi connectivity index (χ4n) is 4.66. The van der Waals surface area contributed by atoms with Crippen LogP contribution in [0.5, 0.6) is 0 Å². The van der Waals surface area contributed by atoms with E-state index in [4.69, 9.17) is 0 Å². The van der Waals surface area contributed by atoms with Gasteiger partial charge in [-0.1, -0.05) is 84.0 Å². The molecule has 3 aliphatic rings. The Kier molecular flexibility index (Phi) is 4.58. The molecular formula is C26H18F4. The summed E-state index contributed by atoms with van der Waals surface area (Å²) in [6.45, 7) is 0. The Bertz CT molecular complexity index is 1080. The lowest BCUT2D eigenvalue weighted by atomic mass is 9.66. The Morgan fingerprint density at radius 3 is 1.23 bits per heavy atom. The molecule has 1 unspecified atom stereocenters. The molecule has 0 radical (unpaired) electrons. The van der Waals surface area contributed by atoms with Gasteiger partial charge in [0.05, 0.1) is 0 Å². The van der Waals surface area contributed by atoms with E-state index >= 15 is 0 Å². The van der Waals surface area contributed by atoms with E-state index in [0.717, 1.165) is 22.3 Å². The van der Waals surface area contributed by atoms with Gasteiger partial charge in [-0.05, 0) is 24.0 Å². The van der Waals surface area contributed by atoms with Crippen molar-refractivity contribution in [3.8, 4) is 0 Å². The van der Waals surface area contributed by atoms with Crippen molar-refractivity contribution in [3.63, 3.8) is 0 Å². The topological polar surface area (TPSA) is 0 Å². The molecule has 0 saturated carbocycles. The zero-order valence-corrected chi connectivity index (χ0v) is 16.0. The predicted molar refractivity (Wildman–Crippen MR) is 108 cm³/mol. The normalized spacial score (nSPS) is 19.3. The van der Waals surface area contributed by atoms with Crippen LogP contribution >= 0.6 is 0 Å². The molecule has 2 atom stereocenters. The monoisotopic (exact) mass is 406 g/mol. The van der Waals surface area contributed by atoms with Crippen molar-refractivity contribution in [3.05, 3.63) is 129 Å². The Labute approximate surface area is 172 Å². The number of hydrogen-bond donors (Lipinski definition) is 0. The molecule has 3 aromatic carbocycles. The lowest BCUT2D eigenvalue weighted by Gasteiger charge is -2.38. The second-order valence-electron chi connectivity index (χ2n) is 7.85. The molecule has 0 spiro atoms. The molecule has 0 amide bonds. The number of hydrogen-bond acceptors (Lipinski definition) is 0. The van der Waals surface area contributed by atoms with Gasteiger partial charge in [-0.15, -0.1) is 0 Å². The Morgan fingerprint density at radius 2 is 0.867 bits per heavy atom. The summed E-state index contributed by atoms with van der Waals surface area (Å²) < 4.78 is 57.8. The highest BCUT2D eigenvalue weighted by atomic mass is 19.2. The minimum atomic E-state index is -1.74. The van der Waals surface area contributed by atoms with Gasteiger partial charge in [0.1, 0.15) is 0 Å². The Morgan fingerprint density at radius 1 is 0.500 bits per heavy atom. The van der Waals surface area contributed by atoms with Crippen molar-refractivity contribution < 1.29 is 17.6 Å². The van der Waals surface area contributed by atoms with Crippen molar-refractivity contribution in [2.75, 3.05) is 0 Å². The zero-order valence-electron chi connectivity index (χ0n) is 16.0. The van der Waals surface area contributed by atoms with E-state index in [1.165, 1.54) is 0 Å². The fourth-order valence-corrected chi connectivity index (χ4v) is 4.66. The molecular weight excluding hydrogens is 388 g/mol. The van der Waals surface area contributed by atoms with Crippen molar-refractivity contribution >= 4 is 0 Å². The van der Waals surface area contributed by atoms with Crippen LogP contribution in [0.25, 0.3) is 0 Å². The van der Waals surface area contributed by atoms with E-state index < -0.39 is 35.1 Å². The van der Waals surface area contributed by atoms with Gasteiger partial charge < -0.3 is 0 Å². The van der Waals surface area contributed by atoms with Crippen LogP contribution in [0.15, 0.2) is 84.0 Å². The summed E-state index contributed by atoms with van der Waals surface area (Å²) in [5.41, 5.74) is 3.67. The van der Waals surface area contributed by atoms with Crippen molar-refractivity contribution in [1.82, 2.24) is 0 Å². The van der Waals surface area contributed by atoms with Gasteiger partial charge >= 0.3 is 0 Å². The molecule has 0 fully saturated rings. The third kappa shape index (κ3) is 2.98. The highest BCUT2D eigenvalue weighted by Crippen LogP contribution is 2.52. The maximum absolute atomic E-state index is 14.8. The minimum absolute atomic E-state index is 0.0679. The lowest BCUT2D eigenvalue weighted by Crippen LogP contribution is -2.27. The van der Waals surface area contributed by atoms with Crippen molar-refractivity contribution in [2.24, 2.45) is 0 Å². The smallest absolute Gasteiger partial charge is 0.197 e. The van der Waals surface area contributed by atoms with E-state index in [2.05, 4.69) is 0 Å². The highest BCUT2D eigenvalue weighted by Gasteiger charge is 2.41. The molecule has 150 valence electrons. The first kappa shape index (κ1) is 18.9. The van der Waals surface area contributed by atoms with Crippen LogP contribution in [0.4, 0.5) is 17.6 Å². The first-order valence-electron chi connectivity index (χ1n) is 9.89. The molecule has 3 aromatic rings. The second kappa shape index (κ2) is 7.28. The van der Waals surface area contributed by atoms with Crippen LogP contribution in [0.1, 0.15) is 34.1 Å². The summed E-state index contributed by atoms with van der Waals surface area (Å²) in [7, 11) is 0. The van der Waals surface area contributed by atoms with Crippen molar-refractivity contribution in [2.45, 2.75) is 24.7 Å². The largest absolute Gasteiger partial charge is 0.203 e. The third-order valence-corrected chi connectivity index (χ3v) is 6.03. The van der Waals surface area contributed by atoms with Crippen LogP contribution in [-0.2, 0) is 12.8 Å². The number of benzene rings is 3. The molecule has 0 heterocycles. The first-order valence-corrected chi connectivity index (χ1v) is 9.89. The van der Waals surface area contributed by atoms with Gasteiger partial charge in [0.15, 0.2) is 23.3 Å². The van der Waals surface area contributed by atoms with E-state index in [1.807, 2.05) is 72.8 Å². The summed E-state index contributed by atoms with van der Waals surface area (Å²) >= 11 is 0. The molecule has 0 aliphatic heterocycles. The molecule has 6 rings (SSSR count). The van der Waals surface area contributed by atoms with Gasteiger partial charge in [-0.3, -0.25) is 0 Å². The molecule has 4 heteroatoms. The third-order valence-electron chi connectivity index (χ3n) is 6.03. The average Bonchev–Trinajstić information content (AvgIpc) is 2.78. The van der Waals surface area contributed by atoms with Gasteiger partial charge in [0.25, 0.3) is 0 Å². The standard InChI is InChI=1S/C26H18F4/c27-23-21-19-14-18(12-16-9-5-2-6-10-16)20(22(21)24(28)26(30)25(23)29)13-17(19)11-15-7-3-1-4-8-15/h1-10,13-14,19-20H,11-12H2/t19-,20?/m1/s1. The summed E-state index contributed by atoms with van der Waals surface area (Å²) in [5, 5.41) is 0. The van der Waals surface area contributed by atoms with Crippen LogP contribution < -0.4 is 0 Å². The molecule has 2 bridgehead atoms. The van der Waals surface area contributed by atoms with E-state index in [9.17, 15) is 17.6 Å². The van der Waals surface area contributed by atoms with Gasteiger partial charge in [-0.2, -0.15) is 0 Å². The van der Waals surface area contributed by atoms with Gasteiger partial charge in [0.2, 0.25) is 0 Å². The van der Waals surface area contributed by atoms with Crippen LogP contribution in [0, 0.1) is 23.3 Å². The van der Waals surface area contributed by atoms with Crippen LogP contribution in [0.2, 0.25) is 0 Å². The summed E-state index contributed by atoms with van der Waals surface area (Å²) in [4.78, 5) is 0. The number of halogens is 4. The molecule has 0 nitrogen and oxygen atoms in total. The quantitative estimate of drug-likeness (QED) is 0.194. The van der Waals surface area contributed by atoms with E-state index in [0.29, 0.717) is 12.8 Å². The van der Waals surface area contributed by atoms with Gasteiger partial charge in [0, 0.05) is 23.0 Å². The fraction of sp³-hybridized carbons (Fsp3) is 0.154. The highest BCUT2D eigenvalue weighted by molar-refractivity contribution is 5.59. The summed E-state index contributed by atoms with van der Waals surface area (Å²) in [5.74, 6) is -7.28. The number of rotatable bonds is 4. The summed E-state index contributed by atoms with van der Waals surface area (Å²) in [6, 6.07) is 19.3. The summed E-state index contributed by atoms with van der Waals surface area (Å²) in [6.07, 6.45) is 4.88. The van der Waals surface area contributed by atoms with Crippen molar-refractivity contribution in [1.29, 1.82) is 0 Å². The maximum Gasteiger partial charge on any atom is 0.197 e. The molecule has 3 aliphatic carbocycles. The van der Waals surface area contributed by atoms with Crippen LogP contribution in [-0.4, -0.2) is 0 Å². The van der Waals surface area contributed by atoms with Crippen LogP contribution in [0.3, 0.4) is 0 Å². The molecule has 30 heavy (non-hydrogen) atoms. The Balaban J connectivity index is 1.62. The van der Waals surface area contributed by atoms with E-state index in [-0.39, 0.29) is 11.1 Å². The van der Waals surface area contributed by atoms with Gasteiger partial charge in [-0.25, -0.2) is 17.6 Å². The zero-order chi connectivity index (χ0) is 20.8. The predicted octanol–water partition coefficient (Wildman–Crippen LogP) is 6.78. The number of allylic oxidation sites excluding steroid dienone is 4. The Hall–Kier alpha value is -3.14. The SMILES string of the molecule is Fc1c(F)c(F)c2c(c1F)C1C=C(Cc3ccccc3)[C@H]2C=C1Cc1ccccc1.